The number of methoxy groups -OCH3 is 1. The number of carbonyl (C=O) groups is 1. The number of halogens is 2. The summed E-state index contributed by atoms with van der Waals surface area (Å²) in [6, 6.07) is 10.0. The van der Waals surface area contributed by atoms with Gasteiger partial charge in [-0.3, -0.25) is 4.79 Å². The minimum absolute atomic E-state index is 0.264. The zero-order valence-electron chi connectivity index (χ0n) is 10.6. The van der Waals surface area contributed by atoms with E-state index in [9.17, 15) is 4.79 Å². The predicted octanol–water partition coefficient (Wildman–Crippen LogP) is 3.95. The number of anilines is 2. The number of nitrogens with one attached hydrogen (secondary N) is 1. The van der Waals surface area contributed by atoms with Crippen LogP contribution in [0.2, 0.25) is 5.02 Å². The highest BCUT2D eigenvalue weighted by molar-refractivity contribution is 9.10. The van der Waals surface area contributed by atoms with Crippen molar-refractivity contribution in [3.63, 3.8) is 0 Å². The zero-order chi connectivity index (χ0) is 14.7. The summed E-state index contributed by atoms with van der Waals surface area (Å²) in [5, 5.41) is 3.25. The third-order valence-electron chi connectivity index (χ3n) is 2.62. The summed E-state index contributed by atoms with van der Waals surface area (Å²) in [6.07, 6.45) is 0. The molecule has 0 atom stereocenters. The molecule has 2 aromatic rings. The Bertz CT molecular complexity index is 641. The molecule has 0 saturated heterocycles. The molecular weight excluding hydrogens is 344 g/mol. The average Bonchev–Trinajstić information content (AvgIpc) is 2.39. The van der Waals surface area contributed by atoms with Gasteiger partial charge in [-0.1, -0.05) is 27.5 Å². The molecule has 0 radical (unpaired) electrons. The van der Waals surface area contributed by atoms with Crippen LogP contribution in [-0.2, 0) is 0 Å². The molecule has 20 heavy (non-hydrogen) atoms. The van der Waals surface area contributed by atoms with Crippen LogP contribution in [0.4, 0.5) is 11.4 Å². The van der Waals surface area contributed by atoms with Crippen LogP contribution in [0.1, 0.15) is 10.4 Å². The number of benzene rings is 2. The van der Waals surface area contributed by atoms with Crippen LogP contribution in [0, 0.1) is 0 Å². The van der Waals surface area contributed by atoms with E-state index in [1.807, 2.05) is 0 Å². The molecule has 2 rings (SSSR count). The summed E-state index contributed by atoms with van der Waals surface area (Å²) in [4.78, 5) is 12.1. The van der Waals surface area contributed by atoms with Crippen LogP contribution in [-0.4, -0.2) is 13.0 Å². The van der Waals surface area contributed by atoms with Crippen LogP contribution in [0.3, 0.4) is 0 Å². The Morgan fingerprint density at radius 3 is 2.70 bits per heavy atom. The smallest absolute Gasteiger partial charge is 0.255 e. The molecule has 0 unspecified atom stereocenters. The predicted molar refractivity (Wildman–Crippen MR) is 84.5 cm³/mol. The fraction of sp³-hybridized carbons (Fsp3) is 0.0714. The summed E-state index contributed by atoms with van der Waals surface area (Å²) >= 11 is 9.22. The minimum Gasteiger partial charge on any atom is -0.495 e. The number of nitrogen functional groups attached to an aromatic ring is 1. The monoisotopic (exact) mass is 354 g/mol. The van der Waals surface area contributed by atoms with E-state index in [1.165, 1.54) is 7.11 Å². The van der Waals surface area contributed by atoms with E-state index in [0.29, 0.717) is 27.7 Å². The van der Waals surface area contributed by atoms with Gasteiger partial charge in [-0.25, -0.2) is 0 Å². The van der Waals surface area contributed by atoms with Crippen molar-refractivity contribution < 1.29 is 9.53 Å². The lowest BCUT2D eigenvalue weighted by Crippen LogP contribution is -2.12. The number of amides is 1. The first kappa shape index (κ1) is 14.7. The molecule has 0 fully saturated rings. The van der Waals surface area contributed by atoms with Crippen LogP contribution < -0.4 is 15.8 Å². The van der Waals surface area contributed by atoms with Crippen molar-refractivity contribution >= 4 is 44.8 Å². The normalized spacial score (nSPS) is 10.2. The van der Waals surface area contributed by atoms with Crippen molar-refractivity contribution in [2.24, 2.45) is 0 Å². The molecule has 0 aromatic heterocycles. The molecule has 0 aliphatic heterocycles. The Hall–Kier alpha value is -1.72. The van der Waals surface area contributed by atoms with Gasteiger partial charge in [0.25, 0.3) is 5.91 Å². The minimum atomic E-state index is -0.264. The molecule has 104 valence electrons. The van der Waals surface area contributed by atoms with E-state index in [1.54, 1.807) is 36.4 Å². The highest BCUT2D eigenvalue weighted by atomic mass is 79.9. The van der Waals surface area contributed by atoms with Gasteiger partial charge in [0.2, 0.25) is 0 Å². The van der Waals surface area contributed by atoms with E-state index < -0.39 is 0 Å². The van der Waals surface area contributed by atoms with Gasteiger partial charge in [0.1, 0.15) is 5.75 Å². The fourth-order valence-electron chi connectivity index (χ4n) is 1.68. The highest BCUT2D eigenvalue weighted by Gasteiger charge is 2.09. The maximum atomic E-state index is 12.1. The number of ether oxygens (including phenoxy) is 1. The molecule has 0 aliphatic carbocycles. The number of nitrogens with two attached hydrogens (primary N) is 1. The number of carbonyl (C=O) groups excluding carboxylic acids is 1. The summed E-state index contributed by atoms with van der Waals surface area (Å²) in [6.45, 7) is 0. The molecule has 0 saturated carbocycles. The summed E-state index contributed by atoms with van der Waals surface area (Å²) in [7, 11) is 1.52. The molecule has 0 aliphatic rings. The van der Waals surface area contributed by atoms with E-state index >= 15 is 0 Å². The van der Waals surface area contributed by atoms with E-state index in [2.05, 4.69) is 21.2 Å². The van der Waals surface area contributed by atoms with Crippen LogP contribution in [0.5, 0.6) is 5.75 Å². The van der Waals surface area contributed by atoms with Gasteiger partial charge in [0.05, 0.1) is 12.8 Å². The molecule has 0 heterocycles. The van der Waals surface area contributed by atoms with Crippen molar-refractivity contribution in [3.8, 4) is 5.75 Å². The molecule has 3 N–H and O–H groups in total. The topological polar surface area (TPSA) is 64.3 Å². The quantitative estimate of drug-likeness (QED) is 0.820. The lowest BCUT2D eigenvalue weighted by atomic mass is 10.2. The Morgan fingerprint density at radius 2 is 2.05 bits per heavy atom. The Labute approximate surface area is 130 Å². The standard InChI is InChI=1S/C14H12BrClN2O2/c1-20-13-7-11(2-3-12(13)17)18-14(19)8-4-9(15)6-10(16)5-8/h2-7H,17H2,1H3,(H,18,19). The molecule has 6 heteroatoms. The second kappa shape index (κ2) is 6.15. The van der Waals surface area contributed by atoms with Gasteiger partial charge in [0, 0.05) is 26.8 Å². The molecular formula is C14H12BrClN2O2. The van der Waals surface area contributed by atoms with Gasteiger partial charge < -0.3 is 15.8 Å². The van der Waals surface area contributed by atoms with Crippen LogP contribution in [0.25, 0.3) is 0 Å². The van der Waals surface area contributed by atoms with Gasteiger partial charge in [-0.2, -0.15) is 0 Å². The van der Waals surface area contributed by atoms with E-state index in [4.69, 9.17) is 22.1 Å². The highest BCUT2D eigenvalue weighted by Crippen LogP contribution is 2.26. The summed E-state index contributed by atoms with van der Waals surface area (Å²) < 4.78 is 5.85. The second-order valence-corrected chi connectivity index (χ2v) is 5.42. The third kappa shape index (κ3) is 3.43. The molecule has 2 aromatic carbocycles. The first-order valence-electron chi connectivity index (χ1n) is 5.70. The van der Waals surface area contributed by atoms with Gasteiger partial charge in [-0.15, -0.1) is 0 Å². The second-order valence-electron chi connectivity index (χ2n) is 4.07. The fourth-order valence-corrected chi connectivity index (χ4v) is 2.54. The first-order valence-corrected chi connectivity index (χ1v) is 6.87. The largest absolute Gasteiger partial charge is 0.495 e. The Balaban J connectivity index is 2.23. The number of hydrogen-bond acceptors (Lipinski definition) is 3. The van der Waals surface area contributed by atoms with Crippen LogP contribution in [0.15, 0.2) is 40.9 Å². The molecule has 4 nitrogen and oxygen atoms in total. The van der Waals surface area contributed by atoms with Crippen LogP contribution >= 0.6 is 27.5 Å². The van der Waals surface area contributed by atoms with Crippen molar-refractivity contribution in [1.29, 1.82) is 0 Å². The molecule has 0 bridgehead atoms. The third-order valence-corrected chi connectivity index (χ3v) is 3.29. The lowest BCUT2D eigenvalue weighted by Gasteiger charge is -2.09. The number of hydrogen-bond donors (Lipinski definition) is 2. The van der Waals surface area contributed by atoms with Gasteiger partial charge in [0.15, 0.2) is 0 Å². The SMILES string of the molecule is COc1cc(NC(=O)c2cc(Cl)cc(Br)c2)ccc1N. The van der Waals surface area contributed by atoms with Gasteiger partial charge >= 0.3 is 0 Å². The van der Waals surface area contributed by atoms with E-state index in [-0.39, 0.29) is 5.91 Å². The lowest BCUT2D eigenvalue weighted by molar-refractivity contribution is 0.102. The van der Waals surface area contributed by atoms with Crippen molar-refractivity contribution in [3.05, 3.63) is 51.5 Å². The average molecular weight is 356 g/mol. The van der Waals surface area contributed by atoms with Gasteiger partial charge in [-0.05, 0) is 30.3 Å². The Kier molecular flexibility index (Phi) is 4.52. The maximum absolute atomic E-state index is 12.1. The zero-order valence-corrected chi connectivity index (χ0v) is 13.0. The summed E-state index contributed by atoms with van der Waals surface area (Å²) in [5.74, 6) is 0.245. The van der Waals surface area contributed by atoms with E-state index in [0.717, 1.165) is 4.47 Å². The molecule has 1 amide bonds. The maximum Gasteiger partial charge on any atom is 0.255 e. The first-order chi connectivity index (χ1) is 9.49. The summed E-state index contributed by atoms with van der Waals surface area (Å²) in [5.41, 5.74) is 7.28. The van der Waals surface area contributed by atoms with Crippen molar-refractivity contribution in [2.75, 3.05) is 18.2 Å². The molecule has 0 spiro atoms. The Morgan fingerprint density at radius 1 is 1.30 bits per heavy atom. The number of rotatable bonds is 3. The van der Waals surface area contributed by atoms with Crippen molar-refractivity contribution in [1.82, 2.24) is 0 Å². The van der Waals surface area contributed by atoms with Crippen molar-refractivity contribution in [2.45, 2.75) is 0 Å².